The number of anilines is 2. The Morgan fingerprint density at radius 2 is 1.97 bits per heavy atom. The summed E-state index contributed by atoms with van der Waals surface area (Å²) in [6.45, 7) is 7.53. The Morgan fingerprint density at radius 3 is 2.68 bits per heavy atom. The zero-order valence-electron chi connectivity index (χ0n) is 19.5. The number of aryl methyl sites for hydroxylation is 1. The molecule has 2 aromatic heterocycles. The number of morpholine rings is 1. The lowest BCUT2D eigenvalue weighted by atomic mass is 10.0. The first-order valence-corrected chi connectivity index (χ1v) is 11.6. The molecule has 2 N–H and O–H groups in total. The fourth-order valence-electron chi connectivity index (χ4n) is 5.04. The molecule has 0 radical (unpaired) electrons. The highest BCUT2D eigenvalue weighted by atomic mass is 16.5. The maximum absolute atomic E-state index is 11.1. The molecule has 1 aromatic carbocycles. The molecule has 0 bridgehead atoms. The number of piperidine rings is 1. The van der Waals surface area contributed by atoms with Crippen molar-refractivity contribution in [2.24, 2.45) is 0 Å². The van der Waals surface area contributed by atoms with Crippen LogP contribution in [0.25, 0.3) is 16.8 Å². The van der Waals surface area contributed by atoms with Gasteiger partial charge in [0.15, 0.2) is 0 Å². The average Bonchev–Trinajstić information content (AvgIpc) is 3.26. The van der Waals surface area contributed by atoms with E-state index in [1.165, 1.54) is 7.11 Å². The fraction of sp³-hybridized carbons (Fsp3) is 0.458. The highest BCUT2D eigenvalue weighted by molar-refractivity contribution is 5.88. The molecule has 5 rings (SSSR count). The summed E-state index contributed by atoms with van der Waals surface area (Å²) in [6, 6.07) is 5.96. The highest BCUT2D eigenvalue weighted by Gasteiger charge is 2.28. The van der Waals surface area contributed by atoms with Gasteiger partial charge in [-0.1, -0.05) is 6.07 Å². The molecule has 2 aliphatic rings. The van der Waals surface area contributed by atoms with Crippen LogP contribution in [0, 0.1) is 6.92 Å². The molecule has 180 valence electrons. The Kier molecular flexibility index (Phi) is 6.25. The van der Waals surface area contributed by atoms with Gasteiger partial charge in [0.05, 0.1) is 37.2 Å². The Hall–Kier alpha value is -3.37. The minimum absolute atomic E-state index is 0.391. The smallest absolute Gasteiger partial charge is 0.409 e. The van der Waals surface area contributed by atoms with Gasteiger partial charge in [-0.25, -0.2) is 9.78 Å². The summed E-state index contributed by atoms with van der Waals surface area (Å²) < 4.78 is 13.1. The number of nitrogens with one attached hydrogen (secondary N) is 1. The summed E-state index contributed by atoms with van der Waals surface area (Å²) in [4.78, 5) is 25.6. The van der Waals surface area contributed by atoms with Crippen LogP contribution in [0.5, 0.6) is 5.75 Å². The number of benzene rings is 1. The number of fused-ring (bicyclic) bond motifs is 1. The van der Waals surface area contributed by atoms with Crippen LogP contribution in [0.4, 0.5) is 16.4 Å². The summed E-state index contributed by atoms with van der Waals surface area (Å²) in [6.07, 6.45) is 4.81. The summed E-state index contributed by atoms with van der Waals surface area (Å²) in [5, 5.41) is 11.5. The predicted octanol–water partition coefficient (Wildman–Crippen LogP) is 3.10. The third-order valence-electron chi connectivity index (χ3n) is 6.75. The fourth-order valence-corrected chi connectivity index (χ4v) is 5.04. The topological polar surface area (TPSA) is 104 Å². The maximum Gasteiger partial charge on any atom is 0.409 e. The Balaban J connectivity index is 1.47. The van der Waals surface area contributed by atoms with Gasteiger partial charge >= 0.3 is 6.09 Å². The van der Waals surface area contributed by atoms with E-state index in [4.69, 9.17) is 19.6 Å². The van der Waals surface area contributed by atoms with Crippen LogP contribution in [0.15, 0.2) is 30.6 Å². The molecule has 4 heterocycles. The van der Waals surface area contributed by atoms with E-state index in [0.29, 0.717) is 17.5 Å². The number of carbonyl (C=O) groups is 1. The van der Waals surface area contributed by atoms with Gasteiger partial charge in [0.25, 0.3) is 0 Å². The van der Waals surface area contributed by atoms with Gasteiger partial charge in [-0.3, -0.25) is 19.6 Å². The van der Waals surface area contributed by atoms with Crippen molar-refractivity contribution in [3.63, 3.8) is 0 Å². The molecule has 2 fully saturated rings. The molecule has 2 saturated heterocycles. The van der Waals surface area contributed by atoms with Crippen molar-refractivity contribution in [1.82, 2.24) is 19.3 Å². The van der Waals surface area contributed by atoms with Gasteiger partial charge in [-0.05, 0) is 31.9 Å². The van der Waals surface area contributed by atoms with Crippen LogP contribution in [0.3, 0.4) is 0 Å². The number of ether oxygens (including phenoxy) is 2. The number of aromatic nitrogens is 3. The molecule has 0 spiro atoms. The Bertz CT molecular complexity index is 1180. The summed E-state index contributed by atoms with van der Waals surface area (Å²) >= 11 is 0. The molecule has 10 nitrogen and oxygen atoms in total. The highest BCUT2D eigenvalue weighted by Crippen LogP contribution is 2.35. The lowest BCUT2D eigenvalue weighted by Gasteiger charge is -2.40. The van der Waals surface area contributed by atoms with Crippen LogP contribution in [-0.2, 0) is 4.74 Å². The standard InChI is InChI=1S/C24H30N6O4/c1-16-22-21(17-3-4-19(26-24(31)32)20(15-17)33-2)27-23(30(22)10-7-25-16)29-8-5-18(6-9-29)28-11-13-34-14-12-28/h3-4,7,10,15,18,26H,5-6,8-9,11-14H2,1-2H3,(H,31,32). The first kappa shape index (κ1) is 22.4. The summed E-state index contributed by atoms with van der Waals surface area (Å²) in [5.41, 5.74) is 3.86. The van der Waals surface area contributed by atoms with Gasteiger partial charge in [0, 0.05) is 50.2 Å². The Labute approximate surface area is 198 Å². The van der Waals surface area contributed by atoms with E-state index in [2.05, 4.69) is 24.5 Å². The molecule has 1 amide bonds. The molecular weight excluding hydrogens is 436 g/mol. The van der Waals surface area contributed by atoms with Crippen molar-refractivity contribution in [2.45, 2.75) is 25.8 Å². The minimum atomic E-state index is -1.14. The van der Waals surface area contributed by atoms with Gasteiger partial charge < -0.3 is 19.5 Å². The van der Waals surface area contributed by atoms with E-state index >= 15 is 0 Å². The van der Waals surface area contributed by atoms with Crippen LogP contribution in [0.1, 0.15) is 18.5 Å². The zero-order valence-corrected chi connectivity index (χ0v) is 19.5. The first-order chi connectivity index (χ1) is 16.5. The quantitative estimate of drug-likeness (QED) is 0.591. The predicted molar refractivity (Wildman–Crippen MR) is 129 cm³/mol. The number of carboxylic acid groups (broad SMARTS) is 1. The number of rotatable bonds is 5. The van der Waals surface area contributed by atoms with E-state index in [1.54, 1.807) is 12.3 Å². The van der Waals surface area contributed by atoms with E-state index in [0.717, 1.165) is 80.7 Å². The van der Waals surface area contributed by atoms with Crippen LogP contribution >= 0.6 is 0 Å². The summed E-state index contributed by atoms with van der Waals surface area (Å²) in [7, 11) is 1.52. The number of hydrogen-bond donors (Lipinski definition) is 2. The first-order valence-electron chi connectivity index (χ1n) is 11.6. The van der Waals surface area contributed by atoms with Gasteiger partial charge in [0.2, 0.25) is 5.95 Å². The Morgan fingerprint density at radius 1 is 1.21 bits per heavy atom. The molecule has 0 aliphatic carbocycles. The number of imidazole rings is 1. The summed E-state index contributed by atoms with van der Waals surface area (Å²) in [5.74, 6) is 1.35. The second-order valence-electron chi connectivity index (χ2n) is 8.70. The lowest BCUT2D eigenvalue weighted by molar-refractivity contribution is 0.0114. The molecular formula is C24H30N6O4. The number of methoxy groups -OCH3 is 1. The van der Waals surface area contributed by atoms with Crippen LogP contribution in [-0.4, -0.2) is 83.0 Å². The number of hydrogen-bond acceptors (Lipinski definition) is 7. The van der Waals surface area contributed by atoms with Gasteiger partial charge in [-0.2, -0.15) is 0 Å². The van der Waals surface area contributed by atoms with Gasteiger partial charge in [-0.15, -0.1) is 0 Å². The molecule has 0 atom stereocenters. The molecule has 10 heteroatoms. The van der Waals surface area contributed by atoms with E-state index in [1.807, 2.05) is 25.3 Å². The van der Waals surface area contributed by atoms with Crippen molar-refractivity contribution < 1.29 is 19.4 Å². The maximum atomic E-state index is 11.1. The van der Waals surface area contributed by atoms with E-state index < -0.39 is 6.09 Å². The van der Waals surface area contributed by atoms with Crippen molar-refractivity contribution in [3.05, 3.63) is 36.3 Å². The monoisotopic (exact) mass is 466 g/mol. The van der Waals surface area contributed by atoms with Crippen molar-refractivity contribution in [3.8, 4) is 17.0 Å². The number of nitrogens with zero attached hydrogens (tertiary/aromatic N) is 5. The van der Waals surface area contributed by atoms with E-state index in [-0.39, 0.29) is 0 Å². The third kappa shape index (κ3) is 4.26. The molecule has 34 heavy (non-hydrogen) atoms. The molecule has 2 aliphatic heterocycles. The molecule has 0 saturated carbocycles. The number of amides is 1. The lowest BCUT2D eigenvalue weighted by Crippen LogP contribution is -2.49. The minimum Gasteiger partial charge on any atom is -0.495 e. The van der Waals surface area contributed by atoms with E-state index in [9.17, 15) is 4.79 Å². The molecule has 0 unspecified atom stereocenters. The molecule has 3 aromatic rings. The second kappa shape index (κ2) is 9.47. The van der Waals surface area contributed by atoms with Gasteiger partial charge in [0.1, 0.15) is 11.4 Å². The largest absolute Gasteiger partial charge is 0.495 e. The zero-order chi connectivity index (χ0) is 23.7. The third-order valence-corrected chi connectivity index (χ3v) is 6.75. The van der Waals surface area contributed by atoms with Crippen molar-refractivity contribution >= 4 is 23.2 Å². The SMILES string of the molecule is COc1cc(-c2nc(N3CCC(N4CCOCC4)CC3)n3ccnc(C)c23)ccc1NC(=O)O. The average molecular weight is 467 g/mol. The normalized spacial score (nSPS) is 17.8. The van der Waals surface area contributed by atoms with Crippen LogP contribution in [0.2, 0.25) is 0 Å². The second-order valence-corrected chi connectivity index (χ2v) is 8.70. The van der Waals surface area contributed by atoms with Crippen molar-refractivity contribution in [2.75, 3.05) is 56.7 Å². The van der Waals surface area contributed by atoms with Crippen molar-refractivity contribution in [1.29, 1.82) is 0 Å². The van der Waals surface area contributed by atoms with Crippen LogP contribution < -0.4 is 15.0 Å².